The number of halogens is 2. The van der Waals surface area contributed by atoms with Gasteiger partial charge in [-0.25, -0.2) is 4.79 Å². The quantitative estimate of drug-likeness (QED) is 0.463. The van der Waals surface area contributed by atoms with Crippen molar-refractivity contribution < 1.29 is 4.79 Å². The summed E-state index contributed by atoms with van der Waals surface area (Å²) in [6.07, 6.45) is 4.87. The van der Waals surface area contributed by atoms with E-state index in [1.54, 1.807) is 0 Å². The molecule has 1 aromatic rings. The number of rotatable bonds is 4. The number of piperidine rings is 1. The van der Waals surface area contributed by atoms with Gasteiger partial charge < -0.3 is 20.9 Å². The highest BCUT2D eigenvalue weighted by Gasteiger charge is 2.41. The van der Waals surface area contributed by atoms with Crippen molar-refractivity contribution in [3.05, 3.63) is 32.6 Å². The Balaban J connectivity index is 0.00000156. The monoisotopic (exact) mass is 393 g/mol. The van der Waals surface area contributed by atoms with Crippen LogP contribution < -0.4 is 27.2 Å². The van der Waals surface area contributed by atoms with Crippen LogP contribution in [0.4, 0.5) is 0 Å². The average Bonchev–Trinajstić information content (AvgIpc) is 2.94. The second-order valence-electron chi connectivity index (χ2n) is 6.53. The molecule has 0 bridgehead atoms. The summed E-state index contributed by atoms with van der Waals surface area (Å²) < 4.78 is 0. The number of carbonyl (C=O) groups is 1. The van der Waals surface area contributed by atoms with E-state index >= 15 is 0 Å². The maximum absolute atomic E-state index is 12.3. The first-order valence-corrected chi connectivity index (χ1v) is 8.11. The van der Waals surface area contributed by atoms with Gasteiger partial charge in [-0.05, 0) is 44.2 Å². The molecule has 3 heterocycles. The zero-order chi connectivity index (χ0) is 16.3. The lowest BCUT2D eigenvalue weighted by atomic mass is 9.77. The van der Waals surface area contributed by atoms with Gasteiger partial charge in [-0.1, -0.05) is 0 Å². The highest BCUT2D eigenvalue weighted by molar-refractivity contribution is 5.85. The minimum atomic E-state index is -0.523. The summed E-state index contributed by atoms with van der Waals surface area (Å²) in [7, 11) is 0. The Morgan fingerprint density at radius 3 is 2.64 bits per heavy atom. The number of amides is 1. The van der Waals surface area contributed by atoms with E-state index in [-0.39, 0.29) is 42.2 Å². The molecular weight excluding hydrogens is 369 g/mol. The summed E-state index contributed by atoms with van der Waals surface area (Å²) in [6, 6.07) is -0.151. The van der Waals surface area contributed by atoms with Gasteiger partial charge in [0.15, 0.2) is 0 Å². The van der Waals surface area contributed by atoms with Crippen LogP contribution in [0.25, 0.3) is 0 Å². The molecule has 142 valence electrons. The molecule has 1 aromatic heterocycles. The molecular formula is C15H25Cl2N5O3. The third-order valence-electron chi connectivity index (χ3n) is 4.93. The zero-order valence-corrected chi connectivity index (χ0v) is 15.5. The highest BCUT2D eigenvalue weighted by Crippen LogP contribution is 2.37. The first kappa shape index (κ1) is 21.7. The number of aromatic amines is 2. The van der Waals surface area contributed by atoms with Gasteiger partial charge in [0.25, 0.3) is 5.56 Å². The zero-order valence-electron chi connectivity index (χ0n) is 13.9. The number of aromatic nitrogens is 2. The molecule has 2 fully saturated rings. The standard InChI is InChI=1S/C15H23N5O3.2ClH/c21-12-10(8-18-14(23)20-12)1-4-17-13(22)11-7-15(9-19-11)2-5-16-6-3-15;;/h8,11,16,19H,1-7,9H2,(H,17,22)(H2,18,20,21,23);2*1H. The van der Waals surface area contributed by atoms with Crippen molar-refractivity contribution in [2.75, 3.05) is 26.2 Å². The second kappa shape index (κ2) is 9.38. The van der Waals surface area contributed by atoms with Crippen LogP contribution in [0.1, 0.15) is 24.8 Å². The van der Waals surface area contributed by atoms with Crippen molar-refractivity contribution >= 4 is 30.7 Å². The van der Waals surface area contributed by atoms with Crippen LogP contribution in [0.3, 0.4) is 0 Å². The Labute approximate surface area is 157 Å². The lowest BCUT2D eigenvalue weighted by Gasteiger charge is -2.33. The number of hydrogen-bond donors (Lipinski definition) is 5. The Morgan fingerprint density at radius 2 is 1.96 bits per heavy atom. The first-order chi connectivity index (χ1) is 11.1. The van der Waals surface area contributed by atoms with E-state index in [0.29, 0.717) is 18.5 Å². The van der Waals surface area contributed by atoms with Crippen molar-refractivity contribution in [1.82, 2.24) is 25.9 Å². The molecule has 5 N–H and O–H groups in total. The van der Waals surface area contributed by atoms with Crippen LogP contribution in [0, 0.1) is 5.41 Å². The topological polar surface area (TPSA) is 119 Å². The SMILES string of the molecule is Cl.Cl.O=C(NCCc1c[nH]c(=O)[nH]c1=O)C1CC2(CCNCC2)CN1. The Morgan fingerprint density at radius 1 is 1.24 bits per heavy atom. The van der Waals surface area contributed by atoms with Crippen LogP contribution in [0.5, 0.6) is 0 Å². The van der Waals surface area contributed by atoms with Crippen molar-refractivity contribution in [2.24, 2.45) is 5.41 Å². The van der Waals surface area contributed by atoms with Gasteiger partial charge in [-0.2, -0.15) is 0 Å². The molecule has 1 amide bonds. The van der Waals surface area contributed by atoms with Crippen molar-refractivity contribution in [3.8, 4) is 0 Å². The molecule has 0 aliphatic carbocycles. The Bertz CT molecular complexity index is 684. The third-order valence-corrected chi connectivity index (χ3v) is 4.93. The molecule has 0 saturated carbocycles. The largest absolute Gasteiger partial charge is 0.354 e. The first-order valence-electron chi connectivity index (χ1n) is 8.11. The van der Waals surface area contributed by atoms with Gasteiger partial charge in [0.1, 0.15) is 0 Å². The van der Waals surface area contributed by atoms with Gasteiger partial charge in [0.05, 0.1) is 6.04 Å². The summed E-state index contributed by atoms with van der Waals surface area (Å²) in [4.78, 5) is 39.4. The number of H-pyrrole nitrogens is 2. The van der Waals surface area contributed by atoms with E-state index in [4.69, 9.17) is 0 Å². The molecule has 2 aliphatic rings. The lowest BCUT2D eigenvalue weighted by Crippen LogP contribution is -2.41. The number of nitrogens with one attached hydrogen (secondary N) is 5. The van der Waals surface area contributed by atoms with Gasteiger partial charge in [-0.3, -0.25) is 14.6 Å². The molecule has 3 rings (SSSR count). The molecule has 1 unspecified atom stereocenters. The van der Waals surface area contributed by atoms with E-state index in [1.165, 1.54) is 6.20 Å². The number of carbonyl (C=O) groups excluding carboxylic acids is 1. The minimum absolute atomic E-state index is 0. The molecule has 0 aromatic carbocycles. The fraction of sp³-hybridized carbons (Fsp3) is 0.667. The van der Waals surface area contributed by atoms with Crippen molar-refractivity contribution in [1.29, 1.82) is 0 Å². The van der Waals surface area contributed by atoms with E-state index in [0.717, 1.165) is 38.9 Å². The van der Waals surface area contributed by atoms with Gasteiger partial charge in [-0.15, -0.1) is 24.8 Å². The lowest BCUT2D eigenvalue weighted by molar-refractivity contribution is -0.122. The third kappa shape index (κ3) is 5.31. The summed E-state index contributed by atoms with van der Waals surface area (Å²) >= 11 is 0. The van der Waals surface area contributed by atoms with E-state index < -0.39 is 11.2 Å². The van der Waals surface area contributed by atoms with Crippen molar-refractivity contribution in [3.63, 3.8) is 0 Å². The average molecular weight is 394 g/mol. The van der Waals surface area contributed by atoms with Gasteiger partial charge in [0.2, 0.25) is 5.91 Å². The van der Waals surface area contributed by atoms with Crippen molar-refractivity contribution in [2.45, 2.75) is 31.7 Å². The minimum Gasteiger partial charge on any atom is -0.354 e. The molecule has 2 aliphatic heterocycles. The fourth-order valence-electron chi connectivity index (χ4n) is 3.51. The Kier molecular flexibility index (Phi) is 8.14. The maximum atomic E-state index is 12.3. The summed E-state index contributed by atoms with van der Waals surface area (Å²) in [6.45, 7) is 3.31. The molecule has 25 heavy (non-hydrogen) atoms. The maximum Gasteiger partial charge on any atom is 0.325 e. The van der Waals surface area contributed by atoms with Crippen LogP contribution >= 0.6 is 24.8 Å². The van der Waals surface area contributed by atoms with Gasteiger partial charge >= 0.3 is 5.69 Å². The fourth-order valence-corrected chi connectivity index (χ4v) is 3.51. The van der Waals surface area contributed by atoms with E-state index in [2.05, 4.69) is 25.9 Å². The molecule has 8 nitrogen and oxygen atoms in total. The summed E-state index contributed by atoms with van der Waals surface area (Å²) in [5, 5.41) is 9.56. The highest BCUT2D eigenvalue weighted by atomic mass is 35.5. The predicted octanol–water partition coefficient (Wildman–Crippen LogP) is -0.703. The van der Waals surface area contributed by atoms with Crippen LogP contribution in [-0.2, 0) is 11.2 Å². The second-order valence-corrected chi connectivity index (χ2v) is 6.53. The molecule has 1 spiro atoms. The van der Waals surface area contributed by atoms with Crippen LogP contribution in [-0.4, -0.2) is 48.1 Å². The predicted molar refractivity (Wildman–Crippen MR) is 99.8 cm³/mol. The van der Waals surface area contributed by atoms with E-state index in [1.807, 2.05) is 0 Å². The molecule has 1 atom stereocenters. The molecule has 10 heteroatoms. The van der Waals surface area contributed by atoms with Crippen LogP contribution in [0.15, 0.2) is 15.8 Å². The summed E-state index contributed by atoms with van der Waals surface area (Å²) in [5.41, 5.74) is -0.219. The number of hydrogen-bond acceptors (Lipinski definition) is 5. The van der Waals surface area contributed by atoms with Gasteiger partial charge in [0, 0.05) is 24.8 Å². The van der Waals surface area contributed by atoms with E-state index in [9.17, 15) is 14.4 Å². The Hall–Kier alpha value is -1.35. The van der Waals surface area contributed by atoms with Crippen LogP contribution in [0.2, 0.25) is 0 Å². The smallest absolute Gasteiger partial charge is 0.325 e. The summed E-state index contributed by atoms with van der Waals surface area (Å²) in [5.74, 6) is -0.0127. The normalized spacial score (nSPS) is 21.2. The molecule has 0 radical (unpaired) electrons. The molecule has 2 saturated heterocycles.